The summed E-state index contributed by atoms with van der Waals surface area (Å²) in [5.41, 5.74) is 0. The average molecular weight is 272 g/mol. The summed E-state index contributed by atoms with van der Waals surface area (Å²) in [5, 5.41) is -0.0365. The van der Waals surface area contributed by atoms with Crippen molar-refractivity contribution < 1.29 is 18.0 Å². The molecular formula is C10H15F3OS2. The molecule has 1 aliphatic heterocycles. The summed E-state index contributed by atoms with van der Waals surface area (Å²) in [4.78, 5) is 11.7. The van der Waals surface area contributed by atoms with E-state index in [9.17, 15) is 18.0 Å². The highest BCUT2D eigenvalue weighted by Gasteiger charge is 2.34. The normalized spacial score (nSPS) is 26.8. The van der Waals surface area contributed by atoms with Gasteiger partial charge in [-0.25, -0.2) is 0 Å². The van der Waals surface area contributed by atoms with Crippen molar-refractivity contribution in [3.63, 3.8) is 0 Å². The Morgan fingerprint density at radius 1 is 1.31 bits per heavy atom. The number of carbonyl (C=O) groups is 1. The van der Waals surface area contributed by atoms with Crippen LogP contribution in [0.2, 0.25) is 0 Å². The van der Waals surface area contributed by atoms with E-state index in [1.54, 1.807) is 11.8 Å². The predicted molar refractivity (Wildman–Crippen MR) is 63.1 cm³/mol. The van der Waals surface area contributed by atoms with Crippen molar-refractivity contribution in [1.82, 2.24) is 0 Å². The van der Waals surface area contributed by atoms with Gasteiger partial charge in [0.15, 0.2) is 0 Å². The van der Waals surface area contributed by atoms with Gasteiger partial charge < -0.3 is 0 Å². The Labute approximate surface area is 102 Å². The van der Waals surface area contributed by atoms with Crippen LogP contribution in [0.1, 0.15) is 26.2 Å². The van der Waals surface area contributed by atoms with E-state index in [2.05, 4.69) is 0 Å². The fourth-order valence-corrected chi connectivity index (χ4v) is 4.68. The second-order valence-corrected chi connectivity index (χ2v) is 6.29. The summed E-state index contributed by atoms with van der Waals surface area (Å²) in [6.45, 7) is 1.98. The molecule has 0 N–H and O–H groups in total. The van der Waals surface area contributed by atoms with E-state index in [0.717, 1.165) is 17.9 Å². The summed E-state index contributed by atoms with van der Waals surface area (Å²) in [6, 6.07) is 0. The smallest absolute Gasteiger partial charge is 0.298 e. The van der Waals surface area contributed by atoms with Crippen LogP contribution in [0.3, 0.4) is 0 Å². The average Bonchev–Trinajstić information content (AvgIpc) is 2.25. The molecule has 2 unspecified atom stereocenters. The molecule has 0 bridgehead atoms. The molecule has 1 heterocycles. The summed E-state index contributed by atoms with van der Waals surface area (Å²) >= 11 is 3.23. The van der Waals surface area contributed by atoms with Crippen LogP contribution in [0, 0.1) is 0 Å². The standard InChI is InChI=1S/C10H15F3OS2/c1-2-8-9(16-6-5-15-8)7(14)3-4-10(11,12)13/h8-9H,2-6H2,1H3. The maximum atomic E-state index is 12.0. The van der Waals surface area contributed by atoms with E-state index in [1.165, 1.54) is 11.8 Å². The van der Waals surface area contributed by atoms with Gasteiger partial charge in [0.2, 0.25) is 0 Å². The van der Waals surface area contributed by atoms with Crippen molar-refractivity contribution in [2.75, 3.05) is 11.5 Å². The first-order valence-electron chi connectivity index (χ1n) is 5.26. The lowest BCUT2D eigenvalue weighted by molar-refractivity contribution is -0.143. The molecule has 1 aliphatic rings. The first-order valence-corrected chi connectivity index (χ1v) is 7.36. The van der Waals surface area contributed by atoms with Gasteiger partial charge in [0, 0.05) is 23.2 Å². The molecule has 1 rings (SSSR count). The fraction of sp³-hybridized carbons (Fsp3) is 0.900. The van der Waals surface area contributed by atoms with Crippen molar-refractivity contribution >= 4 is 29.3 Å². The van der Waals surface area contributed by atoms with E-state index in [-0.39, 0.29) is 22.7 Å². The Morgan fingerprint density at radius 3 is 2.50 bits per heavy atom. The van der Waals surface area contributed by atoms with Crippen LogP contribution in [0.15, 0.2) is 0 Å². The zero-order valence-corrected chi connectivity index (χ0v) is 10.7. The lowest BCUT2D eigenvalue weighted by atomic mass is 10.1. The minimum absolute atomic E-state index is 0.194. The van der Waals surface area contributed by atoms with Crippen LogP contribution in [-0.4, -0.2) is 34.0 Å². The maximum Gasteiger partial charge on any atom is 0.389 e. The lowest BCUT2D eigenvalue weighted by Crippen LogP contribution is -2.33. The number of hydrogen-bond acceptors (Lipinski definition) is 3. The summed E-state index contributed by atoms with van der Waals surface area (Å²) < 4.78 is 36.0. The third-order valence-electron chi connectivity index (χ3n) is 2.42. The molecule has 6 heteroatoms. The maximum absolute atomic E-state index is 12.0. The minimum Gasteiger partial charge on any atom is -0.298 e. The molecule has 1 nitrogen and oxygen atoms in total. The first kappa shape index (κ1) is 14.2. The molecule has 1 saturated heterocycles. The number of Topliss-reactive ketones (excluding diaryl/α,β-unsaturated/α-hetero) is 1. The number of carbonyl (C=O) groups excluding carboxylic acids is 1. The SMILES string of the molecule is CCC1SCCSC1C(=O)CCC(F)(F)F. The molecule has 94 valence electrons. The van der Waals surface area contributed by atoms with Gasteiger partial charge in [-0.2, -0.15) is 24.9 Å². The van der Waals surface area contributed by atoms with Crippen LogP contribution in [-0.2, 0) is 4.79 Å². The number of hydrogen-bond donors (Lipinski definition) is 0. The highest BCUT2D eigenvalue weighted by molar-refractivity contribution is 8.07. The third kappa shape index (κ3) is 4.57. The van der Waals surface area contributed by atoms with Gasteiger partial charge in [-0.3, -0.25) is 4.79 Å². The highest BCUT2D eigenvalue weighted by atomic mass is 32.2. The Morgan fingerprint density at radius 2 is 1.94 bits per heavy atom. The Hall–Kier alpha value is 0.160. The molecule has 0 radical (unpaired) electrons. The second-order valence-electron chi connectivity index (χ2n) is 3.69. The van der Waals surface area contributed by atoms with Crippen molar-refractivity contribution in [3.05, 3.63) is 0 Å². The van der Waals surface area contributed by atoms with Crippen LogP contribution in [0.5, 0.6) is 0 Å². The van der Waals surface area contributed by atoms with Gasteiger partial charge >= 0.3 is 6.18 Å². The van der Waals surface area contributed by atoms with E-state index < -0.39 is 12.6 Å². The Balaban J connectivity index is 2.45. The lowest BCUT2D eigenvalue weighted by Gasteiger charge is -2.28. The molecule has 0 aromatic rings. The first-order chi connectivity index (χ1) is 7.44. The van der Waals surface area contributed by atoms with Gasteiger partial charge in [-0.1, -0.05) is 6.92 Å². The zero-order chi connectivity index (χ0) is 12.2. The van der Waals surface area contributed by atoms with Gasteiger partial charge in [0.1, 0.15) is 5.78 Å². The van der Waals surface area contributed by atoms with E-state index in [4.69, 9.17) is 0 Å². The molecule has 0 saturated carbocycles. The fourth-order valence-electron chi connectivity index (χ4n) is 1.61. The summed E-state index contributed by atoms with van der Waals surface area (Å²) in [5.74, 6) is 1.62. The molecule has 2 atom stereocenters. The van der Waals surface area contributed by atoms with E-state index >= 15 is 0 Å². The summed E-state index contributed by atoms with van der Waals surface area (Å²) in [6.07, 6.45) is -4.72. The van der Waals surface area contributed by atoms with Gasteiger partial charge in [-0.05, 0) is 6.42 Å². The minimum atomic E-state index is -4.22. The van der Waals surface area contributed by atoms with Crippen molar-refractivity contribution in [2.24, 2.45) is 0 Å². The molecular weight excluding hydrogens is 257 g/mol. The second kappa shape index (κ2) is 6.19. The number of alkyl halides is 3. The van der Waals surface area contributed by atoms with Gasteiger partial charge in [0.05, 0.1) is 11.7 Å². The highest BCUT2D eigenvalue weighted by Crippen LogP contribution is 2.35. The molecule has 0 aromatic heterocycles. The molecule has 0 spiro atoms. The molecule has 0 aliphatic carbocycles. The monoisotopic (exact) mass is 272 g/mol. The van der Waals surface area contributed by atoms with Crippen LogP contribution >= 0.6 is 23.5 Å². The topological polar surface area (TPSA) is 17.1 Å². The molecule has 0 amide bonds. The van der Waals surface area contributed by atoms with Gasteiger partial charge in [-0.15, -0.1) is 11.8 Å². The third-order valence-corrected chi connectivity index (χ3v) is 5.72. The number of ketones is 1. The summed E-state index contributed by atoms with van der Waals surface area (Å²) in [7, 11) is 0. The molecule has 1 fully saturated rings. The number of thioether (sulfide) groups is 2. The predicted octanol–water partition coefficient (Wildman–Crippen LogP) is 3.53. The largest absolute Gasteiger partial charge is 0.389 e. The van der Waals surface area contributed by atoms with Crippen LogP contribution < -0.4 is 0 Å². The molecule has 16 heavy (non-hydrogen) atoms. The number of halogens is 3. The quantitative estimate of drug-likeness (QED) is 0.779. The van der Waals surface area contributed by atoms with E-state index in [0.29, 0.717) is 0 Å². The van der Waals surface area contributed by atoms with Gasteiger partial charge in [0.25, 0.3) is 0 Å². The van der Waals surface area contributed by atoms with Crippen molar-refractivity contribution in [2.45, 2.75) is 42.9 Å². The van der Waals surface area contributed by atoms with Crippen molar-refractivity contribution in [3.8, 4) is 0 Å². The molecule has 0 aromatic carbocycles. The van der Waals surface area contributed by atoms with Crippen LogP contribution in [0.4, 0.5) is 13.2 Å². The van der Waals surface area contributed by atoms with Crippen molar-refractivity contribution in [1.29, 1.82) is 0 Å². The Bertz CT molecular complexity index is 243. The zero-order valence-electron chi connectivity index (χ0n) is 9.05. The van der Waals surface area contributed by atoms with E-state index in [1.807, 2.05) is 6.92 Å². The van der Waals surface area contributed by atoms with Crippen LogP contribution in [0.25, 0.3) is 0 Å². The number of rotatable bonds is 4. The Kier molecular flexibility index (Phi) is 5.50.